The lowest BCUT2D eigenvalue weighted by Crippen LogP contribution is -2.47. The molecule has 1 atom stereocenters. The lowest BCUT2D eigenvalue weighted by Gasteiger charge is -2.34. The van der Waals surface area contributed by atoms with E-state index < -0.39 is 18.6 Å². The van der Waals surface area contributed by atoms with Crippen LogP contribution in [0.1, 0.15) is 25.5 Å². The summed E-state index contributed by atoms with van der Waals surface area (Å²) < 4.78 is 39.3. The zero-order valence-electron chi connectivity index (χ0n) is 14.8. The van der Waals surface area contributed by atoms with Crippen molar-refractivity contribution < 1.29 is 32.6 Å². The van der Waals surface area contributed by atoms with E-state index in [2.05, 4.69) is 10.1 Å². The first kappa shape index (κ1) is 19.5. The van der Waals surface area contributed by atoms with Crippen LogP contribution in [0.5, 0.6) is 11.5 Å². The Kier molecular flexibility index (Phi) is 6.01. The van der Waals surface area contributed by atoms with Crippen LogP contribution in [-0.4, -0.2) is 44.3 Å². The number of rotatable bonds is 6. The number of hydrogen-bond donors (Lipinski definition) is 1. The maximum atomic E-state index is 12.5. The standard InChI is InChI=1S/C17H20F2N2O5/c1-5-21-9(2)13(15(22)25-4)14(20-17(21)23)10-6-7-11(26-16(18)19)12(8-10)24-3/h6-8,14,16H,5H2,1-4H3,(H,20,23)/t14-/m1/s1. The number of benzene rings is 1. The van der Waals surface area contributed by atoms with Gasteiger partial charge in [-0.2, -0.15) is 8.78 Å². The molecular weight excluding hydrogens is 350 g/mol. The topological polar surface area (TPSA) is 77.1 Å². The highest BCUT2D eigenvalue weighted by Crippen LogP contribution is 2.36. The molecule has 142 valence electrons. The van der Waals surface area contributed by atoms with E-state index in [0.717, 1.165) is 0 Å². The van der Waals surface area contributed by atoms with Crippen molar-refractivity contribution in [1.29, 1.82) is 0 Å². The Balaban J connectivity index is 2.52. The van der Waals surface area contributed by atoms with Crippen LogP contribution in [0.25, 0.3) is 0 Å². The number of nitrogens with zero attached hydrogens (tertiary/aromatic N) is 1. The average molecular weight is 370 g/mol. The summed E-state index contributed by atoms with van der Waals surface area (Å²) in [6, 6.07) is 3.01. The molecule has 7 nitrogen and oxygen atoms in total. The number of ether oxygens (including phenoxy) is 3. The fourth-order valence-electron chi connectivity index (χ4n) is 2.84. The third kappa shape index (κ3) is 3.71. The zero-order chi connectivity index (χ0) is 19.4. The molecule has 1 aliphatic heterocycles. The monoisotopic (exact) mass is 370 g/mol. The van der Waals surface area contributed by atoms with Crippen LogP contribution in [0.3, 0.4) is 0 Å². The molecule has 0 aromatic heterocycles. The molecule has 0 bridgehead atoms. The number of allylic oxidation sites excluding steroid dienone is 1. The number of carbonyl (C=O) groups excluding carboxylic acids is 2. The molecule has 2 rings (SSSR count). The van der Waals surface area contributed by atoms with Crippen molar-refractivity contribution in [3.05, 3.63) is 35.0 Å². The number of hydrogen-bond acceptors (Lipinski definition) is 5. The second kappa shape index (κ2) is 8.03. The van der Waals surface area contributed by atoms with Crippen LogP contribution >= 0.6 is 0 Å². The van der Waals surface area contributed by atoms with Gasteiger partial charge in [0.15, 0.2) is 11.5 Å². The van der Waals surface area contributed by atoms with Gasteiger partial charge in [-0.15, -0.1) is 0 Å². The van der Waals surface area contributed by atoms with Crippen LogP contribution in [0.2, 0.25) is 0 Å². The van der Waals surface area contributed by atoms with Crippen molar-refractivity contribution in [3.8, 4) is 11.5 Å². The summed E-state index contributed by atoms with van der Waals surface area (Å²) in [5.41, 5.74) is 1.17. The smallest absolute Gasteiger partial charge is 0.387 e. The highest BCUT2D eigenvalue weighted by molar-refractivity contribution is 5.95. The Labute approximate surface area is 149 Å². The lowest BCUT2D eigenvalue weighted by atomic mass is 9.94. The van der Waals surface area contributed by atoms with Crippen LogP contribution in [0, 0.1) is 0 Å². The van der Waals surface area contributed by atoms with Crippen molar-refractivity contribution in [2.75, 3.05) is 20.8 Å². The summed E-state index contributed by atoms with van der Waals surface area (Å²) in [7, 11) is 2.55. The van der Waals surface area contributed by atoms with E-state index >= 15 is 0 Å². The summed E-state index contributed by atoms with van der Waals surface area (Å²) in [5, 5.41) is 2.72. The molecule has 1 aromatic rings. The fraction of sp³-hybridized carbons (Fsp3) is 0.412. The molecular formula is C17H20F2N2O5. The molecule has 1 heterocycles. The summed E-state index contributed by atoms with van der Waals surface area (Å²) >= 11 is 0. The van der Waals surface area contributed by atoms with E-state index in [1.165, 1.54) is 37.3 Å². The van der Waals surface area contributed by atoms with Crippen LogP contribution < -0.4 is 14.8 Å². The van der Waals surface area contributed by atoms with Crippen molar-refractivity contribution in [2.45, 2.75) is 26.5 Å². The van der Waals surface area contributed by atoms with E-state index in [1.54, 1.807) is 13.8 Å². The quantitative estimate of drug-likeness (QED) is 0.780. The van der Waals surface area contributed by atoms with Gasteiger partial charge in [-0.25, -0.2) is 9.59 Å². The summed E-state index contributed by atoms with van der Waals surface area (Å²) in [6.45, 7) is 0.787. The summed E-state index contributed by atoms with van der Waals surface area (Å²) in [4.78, 5) is 26.0. The number of amides is 2. The Hall–Kier alpha value is -2.84. The highest BCUT2D eigenvalue weighted by atomic mass is 19.3. The largest absolute Gasteiger partial charge is 0.493 e. The van der Waals surface area contributed by atoms with E-state index in [-0.39, 0.29) is 23.1 Å². The molecule has 1 aromatic carbocycles. The van der Waals surface area contributed by atoms with Gasteiger partial charge in [0.1, 0.15) is 0 Å². The number of carbonyl (C=O) groups is 2. The number of esters is 1. The third-order valence-corrected chi connectivity index (χ3v) is 4.05. The average Bonchev–Trinajstić information content (AvgIpc) is 2.60. The Morgan fingerprint density at radius 3 is 2.54 bits per heavy atom. The van der Waals surface area contributed by atoms with Gasteiger partial charge in [0, 0.05) is 12.2 Å². The summed E-state index contributed by atoms with van der Waals surface area (Å²) in [5.74, 6) is -0.696. The molecule has 1 N–H and O–H groups in total. The maximum absolute atomic E-state index is 12.5. The first-order valence-corrected chi connectivity index (χ1v) is 7.83. The van der Waals surface area contributed by atoms with Gasteiger partial charge >= 0.3 is 18.6 Å². The second-order valence-electron chi connectivity index (χ2n) is 5.41. The fourth-order valence-corrected chi connectivity index (χ4v) is 2.84. The normalized spacial score (nSPS) is 17.3. The molecule has 0 unspecified atom stereocenters. The zero-order valence-corrected chi connectivity index (χ0v) is 14.8. The van der Waals surface area contributed by atoms with E-state index in [4.69, 9.17) is 9.47 Å². The minimum Gasteiger partial charge on any atom is -0.493 e. The van der Waals surface area contributed by atoms with Gasteiger partial charge in [0.05, 0.1) is 25.8 Å². The van der Waals surface area contributed by atoms with E-state index in [0.29, 0.717) is 17.8 Å². The Morgan fingerprint density at radius 2 is 2.00 bits per heavy atom. The predicted octanol–water partition coefficient (Wildman–Crippen LogP) is 2.83. The number of halogens is 2. The molecule has 0 saturated heterocycles. The van der Waals surface area contributed by atoms with Crippen molar-refractivity contribution in [2.24, 2.45) is 0 Å². The molecule has 0 radical (unpaired) electrons. The Morgan fingerprint density at radius 1 is 1.31 bits per heavy atom. The molecule has 26 heavy (non-hydrogen) atoms. The van der Waals surface area contributed by atoms with Crippen molar-refractivity contribution in [3.63, 3.8) is 0 Å². The number of urea groups is 1. The second-order valence-corrected chi connectivity index (χ2v) is 5.41. The van der Waals surface area contributed by atoms with E-state index in [9.17, 15) is 18.4 Å². The molecule has 2 amide bonds. The number of nitrogens with one attached hydrogen (secondary N) is 1. The Bertz CT molecular complexity index is 736. The summed E-state index contributed by atoms with van der Waals surface area (Å²) in [6.07, 6.45) is 0. The van der Waals surface area contributed by atoms with Gasteiger partial charge < -0.3 is 19.5 Å². The first-order valence-electron chi connectivity index (χ1n) is 7.83. The molecule has 9 heteroatoms. The lowest BCUT2D eigenvalue weighted by molar-refractivity contribution is -0.136. The van der Waals surface area contributed by atoms with Gasteiger partial charge in [0.2, 0.25) is 0 Å². The van der Waals surface area contributed by atoms with Crippen LogP contribution in [0.15, 0.2) is 29.5 Å². The molecule has 0 aliphatic carbocycles. The predicted molar refractivity (Wildman–Crippen MR) is 88.0 cm³/mol. The molecule has 1 aliphatic rings. The maximum Gasteiger partial charge on any atom is 0.387 e. The van der Waals surface area contributed by atoms with Crippen LogP contribution in [0.4, 0.5) is 13.6 Å². The number of alkyl halides is 2. The SMILES string of the molecule is CCN1C(=O)N[C@H](c2ccc(OC(F)F)c(OC)c2)C(C(=O)OC)=C1C. The third-order valence-electron chi connectivity index (χ3n) is 4.05. The highest BCUT2D eigenvalue weighted by Gasteiger charge is 2.36. The van der Waals surface area contributed by atoms with Crippen molar-refractivity contribution >= 4 is 12.0 Å². The first-order chi connectivity index (χ1) is 12.3. The van der Waals surface area contributed by atoms with Gasteiger partial charge in [-0.3, -0.25) is 4.90 Å². The van der Waals surface area contributed by atoms with Gasteiger partial charge in [-0.05, 0) is 31.5 Å². The van der Waals surface area contributed by atoms with E-state index in [1.807, 2.05) is 0 Å². The molecule has 0 fully saturated rings. The minimum atomic E-state index is -3.00. The molecule has 0 saturated carbocycles. The van der Waals surface area contributed by atoms with Crippen LogP contribution in [-0.2, 0) is 9.53 Å². The van der Waals surface area contributed by atoms with Gasteiger partial charge in [-0.1, -0.05) is 6.07 Å². The number of methoxy groups -OCH3 is 2. The van der Waals surface area contributed by atoms with Gasteiger partial charge in [0.25, 0.3) is 0 Å². The van der Waals surface area contributed by atoms with Crippen molar-refractivity contribution in [1.82, 2.24) is 10.2 Å². The molecule has 0 spiro atoms. The minimum absolute atomic E-state index is 0.0526.